The third kappa shape index (κ3) is 4.35. The van der Waals surface area contributed by atoms with Crippen LogP contribution in [0.4, 0.5) is 10.1 Å². The van der Waals surface area contributed by atoms with Gasteiger partial charge in [0.2, 0.25) is 11.1 Å². The largest absolute Gasteiger partial charge is 0.463 e. The molecule has 0 unspecified atom stereocenters. The molecule has 4 aromatic rings. The maximum atomic E-state index is 13.4. The van der Waals surface area contributed by atoms with E-state index in [9.17, 15) is 9.18 Å². The van der Waals surface area contributed by atoms with Gasteiger partial charge in [0.15, 0.2) is 17.2 Å². The Labute approximate surface area is 169 Å². The van der Waals surface area contributed by atoms with Crippen LogP contribution in [0.25, 0.3) is 22.9 Å². The number of benzene rings is 1. The molecule has 0 aliphatic rings. The number of hydrogen-bond donors (Lipinski definition) is 1. The SMILES string of the molecule is Cc1ccc(F)cc1NC(=O)CSc1nnc(-c2ccco2)c(-c2ccco2)n1. The average Bonchev–Trinajstić information content (AvgIpc) is 3.43. The van der Waals surface area contributed by atoms with Gasteiger partial charge in [-0.15, -0.1) is 10.2 Å². The monoisotopic (exact) mass is 410 g/mol. The van der Waals surface area contributed by atoms with Crippen LogP contribution in [-0.4, -0.2) is 26.8 Å². The van der Waals surface area contributed by atoms with E-state index in [1.54, 1.807) is 37.3 Å². The highest BCUT2D eigenvalue weighted by molar-refractivity contribution is 7.99. The Kier molecular flexibility index (Phi) is 5.39. The highest BCUT2D eigenvalue weighted by Gasteiger charge is 2.18. The van der Waals surface area contributed by atoms with Crippen LogP contribution in [0.1, 0.15) is 5.56 Å². The van der Waals surface area contributed by atoms with Gasteiger partial charge in [-0.2, -0.15) is 0 Å². The van der Waals surface area contributed by atoms with Crippen LogP contribution in [0.15, 0.2) is 69.0 Å². The molecule has 0 fully saturated rings. The lowest BCUT2D eigenvalue weighted by Crippen LogP contribution is -2.15. The molecule has 29 heavy (non-hydrogen) atoms. The summed E-state index contributed by atoms with van der Waals surface area (Å²) in [6.07, 6.45) is 3.06. The molecule has 9 heteroatoms. The Bertz CT molecular complexity index is 1130. The third-order valence-corrected chi connectivity index (χ3v) is 4.82. The fourth-order valence-corrected chi connectivity index (χ4v) is 3.17. The molecule has 146 valence electrons. The van der Waals surface area contributed by atoms with Crippen LogP contribution < -0.4 is 5.32 Å². The zero-order valence-electron chi connectivity index (χ0n) is 15.3. The number of carbonyl (C=O) groups excluding carboxylic acids is 1. The van der Waals surface area contributed by atoms with E-state index < -0.39 is 5.82 Å². The molecular formula is C20H15FN4O3S. The van der Waals surface area contributed by atoms with Crippen molar-refractivity contribution in [2.24, 2.45) is 0 Å². The van der Waals surface area contributed by atoms with Gasteiger partial charge < -0.3 is 14.2 Å². The number of halogens is 1. The second kappa shape index (κ2) is 8.27. The minimum absolute atomic E-state index is 0.0370. The Balaban J connectivity index is 1.51. The fourth-order valence-electron chi connectivity index (χ4n) is 2.58. The van der Waals surface area contributed by atoms with Crippen molar-refractivity contribution in [3.05, 3.63) is 66.4 Å². The van der Waals surface area contributed by atoms with Gasteiger partial charge in [-0.05, 0) is 48.9 Å². The van der Waals surface area contributed by atoms with E-state index in [1.165, 1.54) is 24.7 Å². The van der Waals surface area contributed by atoms with Crippen molar-refractivity contribution in [2.45, 2.75) is 12.1 Å². The number of carbonyl (C=O) groups is 1. The lowest BCUT2D eigenvalue weighted by molar-refractivity contribution is -0.113. The van der Waals surface area contributed by atoms with E-state index in [-0.39, 0.29) is 11.7 Å². The molecule has 1 aromatic carbocycles. The molecule has 0 saturated heterocycles. The lowest BCUT2D eigenvalue weighted by Gasteiger charge is -2.08. The Morgan fingerprint density at radius 2 is 1.79 bits per heavy atom. The van der Waals surface area contributed by atoms with Crippen LogP contribution >= 0.6 is 11.8 Å². The Morgan fingerprint density at radius 1 is 1.07 bits per heavy atom. The van der Waals surface area contributed by atoms with Gasteiger partial charge in [0, 0.05) is 5.69 Å². The molecule has 4 rings (SSSR count). The maximum absolute atomic E-state index is 13.4. The standard InChI is InChI=1S/C20H15FN4O3S/c1-12-6-7-13(21)10-14(12)22-17(26)11-29-20-23-18(15-4-2-8-27-15)19(24-25-20)16-5-3-9-28-16/h2-10H,11H2,1H3,(H,22,26). The van der Waals surface area contributed by atoms with Crippen molar-refractivity contribution in [1.82, 2.24) is 15.2 Å². The molecule has 1 N–H and O–H groups in total. The molecule has 0 aliphatic carbocycles. The Hall–Kier alpha value is -3.46. The molecular weight excluding hydrogens is 395 g/mol. The molecule has 0 aliphatic heterocycles. The molecule has 3 aromatic heterocycles. The summed E-state index contributed by atoms with van der Waals surface area (Å²) in [4.78, 5) is 16.7. The quantitative estimate of drug-likeness (QED) is 0.465. The predicted molar refractivity (Wildman–Crippen MR) is 106 cm³/mol. The summed E-state index contributed by atoms with van der Waals surface area (Å²) >= 11 is 1.11. The summed E-state index contributed by atoms with van der Waals surface area (Å²) in [5, 5.41) is 11.3. The number of nitrogens with one attached hydrogen (secondary N) is 1. The van der Waals surface area contributed by atoms with Crippen LogP contribution in [0, 0.1) is 12.7 Å². The summed E-state index contributed by atoms with van der Waals surface area (Å²) in [7, 11) is 0. The zero-order valence-corrected chi connectivity index (χ0v) is 16.1. The smallest absolute Gasteiger partial charge is 0.234 e. The topological polar surface area (TPSA) is 94.1 Å². The summed E-state index contributed by atoms with van der Waals surface area (Å²) in [5.74, 6) is 0.333. The molecule has 0 radical (unpaired) electrons. The maximum Gasteiger partial charge on any atom is 0.234 e. The van der Waals surface area contributed by atoms with Gasteiger partial charge in [-0.3, -0.25) is 4.79 Å². The van der Waals surface area contributed by atoms with Crippen molar-refractivity contribution >= 4 is 23.4 Å². The van der Waals surface area contributed by atoms with Gasteiger partial charge in [-0.25, -0.2) is 9.37 Å². The number of thioether (sulfide) groups is 1. The molecule has 1 amide bonds. The van der Waals surface area contributed by atoms with Gasteiger partial charge in [0.1, 0.15) is 11.5 Å². The van der Waals surface area contributed by atoms with E-state index in [1.807, 2.05) is 0 Å². The molecule has 0 spiro atoms. The van der Waals surface area contributed by atoms with Crippen LogP contribution in [0.5, 0.6) is 0 Å². The molecule has 3 heterocycles. The van der Waals surface area contributed by atoms with E-state index >= 15 is 0 Å². The number of hydrogen-bond acceptors (Lipinski definition) is 7. The summed E-state index contributed by atoms with van der Waals surface area (Å²) in [6.45, 7) is 1.79. The molecule has 0 bridgehead atoms. The first-order valence-corrected chi connectivity index (χ1v) is 9.60. The number of anilines is 1. The van der Waals surface area contributed by atoms with Gasteiger partial charge in [0.25, 0.3) is 0 Å². The van der Waals surface area contributed by atoms with Crippen molar-refractivity contribution in [3.8, 4) is 22.9 Å². The number of aromatic nitrogens is 3. The molecule has 0 saturated carbocycles. The first kappa shape index (κ1) is 18.9. The van der Waals surface area contributed by atoms with Gasteiger partial charge >= 0.3 is 0 Å². The van der Waals surface area contributed by atoms with Gasteiger partial charge in [-0.1, -0.05) is 17.8 Å². The molecule has 0 atom stereocenters. The third-order valence-electron chi connectivity index (χ3n) is 3.98. The first-order chi connectivity index (χ1) is 14.1. The highest BCUT2D eigenvalue weighted by Crippen LogP contribution is 2.30. The lowest BCUT2D eigenvalue weighted by atomic mass is 10.2. The number of rotatable bonds is 6. The van der Waals surface area contributed by atoms with Crippen LogP contribution in [0.3, 0.4) is 0 Å². The minimum atomic E-state index is -0.414. The van der Waals surface area contributed by atoms with Gasteiger partial charge in [0.05, 0.1) is 18.3 Å². The van der Waals surface area contributed by atoms with E-state index in [4.69, 9.17) is 8.83 Å². The second-order valence-electron chi connectivity index (χ2n) is 6.04. The van der Waals surface area contributed by atoms with Crippen LogP contribution in [-0.2, 0) is 4.79 Å². The van der Waals surface area contributed by atoms with E-state index in [0.29, 0.717) is 33.8 Å². The van der Waals surface area contributed by atoms with Crippen LogP contribution in [0.2, 0.25) is 0 Å². The van der Waals surface area contributed by atoms with E-state index in [2.05, 4.69) is 20.5 Å². The number of amides is 1. The minimum Gasteiger partial charge on any atom is -0.463 e. The predicted octanol–water partition coefficient (Wildman–Crippen LogP) is 4.57. The Morgan fingerprint density at radius 3 is 2.48 bits per heavy atom. The fraction of sp³-hybridized carbons (Fsp3) is 0.100. The van der Waals surface area contributed by atoms with Crippen molar-refractivity contribution < 1.29 is 18.0 Å². The highest BCUT2D eigenvalue weighted by atomic mass is 32.2. The van der Waals surface area contributed by atoms with E-state index in [0.717, 1.165) is 17.3 Å². The van der Waals surface area contributed by atoms with Crippen molar-refractivity contribution in [1.29, 1.82) is 0 Å². The summed E-state index contributed by atoms with van der Waals surface area (Å²) in [5.41, 5.74) is 2.10. The first-order valence-electron chi connectivity index (χ1n) is 8.61. The van der Waals surface area contributed by atoms with Crippen molar-refractivity contribution in [3.63, 3.8) is 0 Å². The summed E-state index contributed by atoms with van der Waals surface area (Å²) in [6, 6.07) is 11.2. The van der Waals surface area contributed by atoms with Crippen molar-refractivity contribution in [2.75, 3.05) is 11.1 Å². The molecule has 7 nitrogen and oxygen atoms in total. The number of furan rings is 2. The second-order valence-corrected chi connectivity index (χ2v) is 6.98. The average molecular weight is 410 g/mol. The zero-order chi connectivity index (χ0) is 20.2. The number of nitrogens with zero attached hydrogens (tertiary/aromatic N) is 3. The normalized spacial score (nSPS) is 10.8. The summed E-state index contributed by atoms with van der Waals surface area (Å²) < 4.78 is 24.2. The number of aryl methyl sites for hydroxylation is 1.